The largest absolute Gasteiger partial charge is 0.573 e. The fourth-order valence-electron chi connectivity index (χ4n) is 3.04. The van der Waals surface area contributed by atoms with Crippen molar-refractivity contribution in [1.29, 1.82) is 0 Å². The van der Waals surface area contributed by atoms with E-state index >= 15 is 0 Å². The van der Waals surface area contributed by atoms with Gasteiger partial charge in [-0.05, 0) is 55.5 Å². The molecule has 2 aromatic carbocycles. The number of halogens is 3. The quantitative estimate of drug-likeness (QED) is 0.738. The molecule has 0 saturated carbocycles. The van der Waals surface area contributed by atoms with E-state index in [0.717, 1.165) is 12.1 Å². The number of amides is 3. The van der Waals surface area contributed by atoms with E-state index in [4.69, 9.17) is 4.74 Å². The van der Waals surface area contributed by atoms with Gasteiger partial charge in [0, 0.05) is 24.3 Å². The summed E-state index contributed by atoms with van der Waals surface area (Å²) >= 11 is 0. The fourth-order valence-corrected chi connectivity index (χ4v) is 3.04. The average Bonchev–Trinajstić information content (AvgIpc) is 3.03. The van der Waals surface area contributed by atoms with Crippen LogP contribution in [0.2, 0.25) is 0 Å². The fraction of sp³-hybridized carbons (Fsp3) is 0.300. The molecule has 7 nitrogen and oxygen atoms in total. The van der Waals surface area contributed by atoms with Gasteiger partial charge in [0.15, 0.2) is 0 Å². The molecule has 2 N–H and O–H groups in total. The van der Waals surface area contributed by atoms with E-state index in [-0.39, 0.29) is 23.8 Å². The summed E-state index contributed by atoms with van der Waals surface area (Å²) in [5.74, 6) is 0.188. The van der Waals surface area contributed by atoms with Crippen LogP contribution in [0.3, 0.4) is 0 Å². The second kappa shape index (κ2) is 8.93. The van der Waals surface area contributed by atoms with Gasteiger partial charge in [0.05, 0.1) is 12.6 Å². The van der Waals surface area contributed by atoms with Crippen LogP contribution in [0.5, 0.6) is 11.5 Å². The smallest absolute Gasteiger partial charge is 0.494 e. The number of rotatable bonds is 6. The highest BCUT2D eigenvalue weighted by Gasteiger charge is 2.32. The topological polar surface area (TPSA) is 79.9 Å². The summed E-state index contributed by atoms with van der Waals surface area (Å²) < 4.78 is 45.7. The molecule has 1 saturated heterocycles. The van der Waals surface area contributed by atoms with E-state index in [1.807, 2.05) is 6.92 Å². The Morgan fingerprint density at radius 1 is 1.10 bits per heavy atom. The molecule has 3 rings (SSSR count). The summed E-state index contributed by atoms with van der Waals surface area (Å²) in [6, 6.07) is 10.9. The van der Waals surface area contributed by atoms with Crippen molar-refractivity contribution in [3.63, 3.8) is 0 Å². The van der Waals surface area contributed by atoms with Gasteiger partial charge >= 0.3 is 12.4 Å². The maximum atomic E-state index is 12.3. The highest BCUT2D eigenvalue weighted by molar-refractivity contribution is 5.97. The van der Waals surface area contributed by atoms with Crippen LogP contribution in [0.1, 0.15) is 13.3 Å². The van der Waals surface area contributed by atoms with Gasteiger partial charge in [-0.25, -0.2) is 4.79 Å². The molecule has 0 aliphatic carbocycles. The number of carbonyl (C=O) groups is 2. The molecule has 0 bridgehead atoms. The van der Waals surface area contributed by atoms with Crippen LogP contribution in [-0.2, 0) is 4.79 Å². The van der Waals surface area contributed by atoms with E-state index in [9.17, 15) is 22.8 Å². The van der Waals surface area contributed by atoms with Crippen molar-refractivity contribution in [2.75, 3.05) is 23.4 Å². The number of nitrogens with one attached hydrogen (secondary N) is 2. The van der Waals surface area contributed by atoms with E-state index in [1.54, 1.807) is 29.2 Å². The van der Waals surface area contributed by atoms with Crippen molar-refractivity contribution in [2.45, 2.75) is 25.7 Å². The lowest BCUT2D eigenvalue weighted by molar-refractivity contribution is -0.274. The van der Waals surface area contributed by atoms with Crippen LogP contribution < -0.4 is 25.0 Å². The Labute approximate surface area is 170 Å². The number of benzene rings is 2. The standard InChI is InChI=1S/C20H20F3N3O4/c1-2-29-16-9-5-15(6-10-16)26-12-14(11-18(26)27)25-19(28)24-13-3-7-17(8-4-13)30-20(21,22)23/h3-10,14H,2,11-12H2,1H3,(H2,24,25,28)/t14-/m1/s1. The first-order chi connectivity index (χ1) is 14.2. The van der Waals surface area contributed by atoms with Crippen molar-refractivity contribution in [3.8, 4) is 11.5 Å². The third-order valence-corrected chi connectivity index (χ3v) is 4.27. The SMILES string of the molecule is CCOc1ccc(N2C[C@H](NC(=O)Nc3ccc(OC(F)(F)F)cc3)CC2=O)cc1. The summed E-state index contributed by atoms with van der Waals surface area (Å²) in [7, 11) is 0. The van der Waals surface area contributed by atoms with Crippen LogP contribution in [-0.4, -0.2) is 37.5 Å². The zero-order chi connectivity index (χ0) is 21.7. The first-order valence-electron chi connectivity index (χ1n) is 9.20. The molecule has 2 aromatic rings. The molecule has 0 aromatic heterocycles. The third kappa shape index (κ3) is 5.79. The van der Waals surface area contributed by atoms with Gasteiger partial charge in [0.2, 0.25) is 5.91 Å². The minimum atomic E-state index is -4.78. The Hall–Kier alpha value is -3.43. The Kier molecular flexibility index (Phi) is 6.34. The van der Waals surface area contributed by atoms with Gasteiger partial charge in [0.1, 0.15) is 11.5 Å². The first-order valence-corrected chi connectivity index (χ1v) is 9.20. The Morgan fingerprint density at radius 2 is 1.73 bits per heavy atom. The molecule has 0 unspecified atom stereocenters. The molecule has 3 amide bonds. The lowest BCUT2D eigenvalue weighted by Crippen LogP contribution is -2.39. The van der Waals surface area contributed by atoms with Crippen molar-refractivity contribution >= 4 is 23.3 Å². The van der Waals surface area contributed by atoms with Gasteiger partial charge < -0.3 is 25.0 Å². The predicted molar refractivity (Wildman–Crippen MR) is 104 cm³/mol. The van der Waals surface area contributed by atoms with Crippen LogP contribution in [0.4, 0.5) is 29.3 Å². The molecule has 0 radical (unpaired) electrons. The zero-order valence-corrected chi connectivity index (χ0v) is 16.0. The minimum absolute atomic E-state index is 0.127. The Bertz CT molecular complexity index is 886. The minimum Gasteiger partial charge on any atom is -0.494 e. The normalized spacial score (nSPS) is 16.3. The summed E-state index contributed by atoms with van der Waals surface area (Å²) in [5.41, 5.74) is 0.989. The second-order valence-corrected chi connectivity index (χ2v) is 6.50. The van der Waals surface area contributed by atoms with Crippen LogP contribution >= 0.6 is 0 Å². The second-order valence-electron chi connectivity index (χ2n) is 6.50. The summed E-state index contributed by atoms with van der Waals surface area (Å²) in [6.45, 7) is 2.73. The first kappa shape index (κ1) is 21.3. The molecule has 1 heterocycles. The number of carbonyl (C=O) groups excluding carboxylic acids is 2. The monoisotopic (exact) mass is 423 g/mol. The maximum Gasteiger partial charge on any atom is 0.573 e. The van der Waals surface area contributed by atoms with Gasteiger partial charge in [-0.15, -0.1) is 13.2 Å². The highest BCUT2D eigenvalue weighted by atomic mass is 19.4. The van der Waals surface area contributed by atoms with Crippen LogP contribution in [0.15, 0.2) is 48.5 Å². The molecular weight excluding hydrogens is 403 g/mol. The number of anilines is 2. The van der Waals surface area contributed by atoms with Crippen molar-refractivity contribution in [1.82, 2.24) is 5.32 Å². The van der Waals surface area contributed by atoms with E-state index in [1.165, 1.54) is 12.1 Å². The average molecular weight is 423 g/mol. The van der Waals surface area contributed by atoms with E-state index < -0.39 is 18.4 Å². The van der Waals surface area contributed by atoms with E-state index in [2.05, 4.69) is 15.4 Å². The Morgan fingerprint density at radius 3 is 2.33 bits per heavy atom. The molecule has 1 aliphatic rings. The number of urea groups is 1. The molecule has 1 aliphatic heterocycles. The van der Waals surface area contributed by atoms with Gasteiger partial charge in [-0.1, -0.05) is 0 Å². The number of ether oxygens (including phenoxy) is 2. The van der Waals surface area contributed by atoms with Crippen LogP contribution in [0.25, 0.3) is 0 Å². The Balaban J connectivity index is 1.53. The lowest BCUT2D eigenvalue weighted by atomic mass is 10.2. The third-order valence-electron chi connectivity index (χ3n) is 4.27. The molecule has 0 spiro atoms. The van der Waals surface area contributed by atoms with Gasteiger partial charge in [0.25, 0.3) is 0 Å². The number of nitrogens with zero attached hydrogens (tertiary/aromatic N) is 1. The maximum absolute atomic E-state index is 12.3. The zero-order valence-electron chi connectivity index (χ0n) is 16.0. The van der Waals surface area contributed by atoms with Crippen molar-refractivity contribution in [2.24, 2.45) is 0 Å². The molecular formula is C20H20F3N3O4. The van der Waals surface area contributed by atoms with Gasteiger partial charge in [-0.3, -0.25) is 4.79 Å². The molecule has 30 heavy (non-hydrogen) atoms. The van der Waals surface area contributed by atoms with Gasteiger partial charge in [-0.2, -0.15) is 0 Å². The van der Waals surface area contributed by atoms with E-state index in [0.29, 0.717) is 24.6 Å². The molecule has 1 fully saturated rings. The molecule has 1 atom stereocenters. The summed E-state index contributed by atoms with van der Waals surface area (Å²) in [6.07, 6.45) is -4.64. The number of hydrogen-bond acceptors (Lipinski definition) is 4. The van der Waals surface area contributed by atoms with Crippen molar-refractivity contribution in [3.05, 3.63) is 48.5 Å². The molecule has 10 heteroatoms. The summed E-state index contributed by atoms with van der Waals surface area (Å²) in [4.78, 5) is 26.0. The van der Waals surface area contributed by atoms with Crippen molar-refractivity contribution < 1.29 is 32.2 Å². The lowest BCUT2D eigenvalue weighted by Gasteiger charge is -2.18. The number of hydrogen-bond donors (Lipinski definition) is 2. The summed E-state index contributed by atoms with van der Waals surface area (Å²) in [5, 5.41) is 5.21. The molecule has 160 valence electrons. The predicted octanol–water partition coefficient (Wildman–Crippen LogP) is 3.91. The number of alkyl halides is 3. The highest BCUT2D eigenvalue weighted by Crippen LogP contribution is 2.25. The van der Waals surface area contributed by atoms with Crippen LogP contribution in [0, 0.1) is 0 Å².